The van der Waals surface area contributed by atoms with Crippen LogP contribution in [0.25, 0.3) is 0 Å². The summed E-state index contributed by atoms with van der Waals surface area (Å²) in [6.45, 7) is 2.15. The SMILES string of the molecule is CCCc1ccc(C(N)CC(=O)OC)cc1. The van der Waals surface area contributed by atoms with Crippen molar-refractivity contribution in [1.82, 2.24) is 0 Å². The molecular weight excluding hydrogens is 202 g/mol. The summed E-state index contributed by atoms with van der Waals surface area (Å²) in [5.74, 6) is -0.273. The van der Waals surface area contributed by atoms with Crippen molar-refractivity contribution in [2.45, 2.75) is 32.2 Å². The van der Waals surface area contributed by atoms with Gasteiger partial charge in [-0.1, -0.05) is 37.6 Å². The number of nitrogens with two attached hydrogens (primary N) is 1. The molecule has 3 nitrogen and oxygen atoms in total. The molecule has 0 fully saturated rings. The molecule has 1 unspecified atom stereocenters. The van der Waals surface area contributed by atoms with E-state index in [1.807, 2.05) is 12.1 Å². The van der Waals surface area contributed by atoms with E-state index in [2.05, 4.69) is 23.8 Å². The monoisotopic (exact) mass is 221 g/mol. The number of rotatable bonds is 5. The summed E-state index contributed by atoms with van der Waals surface area (Å²) in [6.07, 6.45) is 2.43. The summed E-state index contributed by atoms with van der Waals surface area (Å²) in [7, 11) is 1.37. The average molecular weight is 221 g/mol. The summed E-state index contributed by atoms with van der Waals surface area (Å²) in [6, 6.07) is 7.83. The highest BCUT2D eigenvalue weighted by molar-refractivity contribution is 5.70. The van der Waals surface area contributed by atoms with Crippen molar-refractivity contribution in [3.05, 3.63) is 35.4 Å². The third kappa shape index (κ3) is 3.66. The van der Waals surface area contributed by atoms with Crippen LogP contribution in [0.2, 0.25) is 0 Å². The van der Waals surface area contributed by atoms with Gasteiger partial charge in [0, 0.05) is 6.04 Å². The van der Waals surface area contributed by atoms with Crippen LogP contribution in [0.3, 0.4) is 0 Å². The lowest BCUT2D eigenvalue weighted by atomic mass is 10.0. The van der Waals surface area contributed by atoms with E-state index in [9.17, 15) is 4.79 Å². The van der Waals surface area contributed by atoms with E-state index in [-0.39, 0.29) is 18.4 Å². The van der Waals surface area contributed by atoms with Gasteiger partial charge in [-0.15, -0.1) is 0 Å². The van der Waals surface area contributed by atoms with Crippen LogP contribution in [0, 0.1) is 0 Å². The fourth-order valence-corrected chi connectivity index (χ4v) is 1.60. The highest BCUT2D eigenvalue weighted by Gasteiger charge is 2.11. The fraction of sp³-hybridized carbons (Fsp3) is 0.462. The molecule has 0 amide bonds. The Bertz CT molecular complexity index is 332. The van der Waals surface area contributed by atoms with Gasteiger partial charge in [0.05, 0.1) is 13.5 Å². The van der Waals surface area contributed by atoms with Crippen molar-refractivity contribution in [2.75, 3.05) is 7.11 Å². The van der Waals surface area contributed by atoms with Crippen molar-refractivity contribution in [2.24, 2.45) is 5.73 Å². The Morgan fingerprint density at radius 1 is 1.38 bits per heavy atom. The molecule has 88 valence electrons. The maximum atomic E-state index is 11.1. The predicted octanol–water partition coefficient (Wildman–Crippen LogP) is 2.20. The minimum absolute atomic E-state index is 0.226. The zero-order valence-corrected chi connectivity index (χ0v) is 9.90. The molecule has 1 aromatic carbocycles. The average Bonchev–Trinajstić information content (AvgIpc) is 2.30. The first-order valence-electron chi connectivity index (χ1n) is 5.58. The van der Waals surface area contributed by atoms with Crippen LogP contribution < -0.4 is 5.73 Å². The van der Waals surface area contributed by atoms with Gasteiger partial charge in [0.25, 0.3) is 0 Å². The van der Waals surface area contributed by atoms with Crippen LogP contribution in [-0.2, 0) is 16.0 Å². The quantitative estimate of drug-likeness (QED) is 0.775. The second-order valence-electron chi connectivity index (χ2n) is 3.88. The molecule has 0 aliphatic rings. The zero-order chi connectivity index (χ0) is 12.0. The molecule has 16 heavy (non-hydrogen) atoms. The molecule has 1 atom stereocenters. The van der Waals surface area contributed by atoms with E-state index >= 15 is 0 Å². The second kappa shape index (κ2) is 6.28. The van der Waals surface area contributed by atoms with Gasteiger partial charge in [0.2, 0.25) is 0 Å². The number of benzene rings is 1. The number of aryl methyl sites for hydroxylation is 1. The molecule has 3 heteroatoms. The second-order valence-corrected chi connectivity index (χ2v) is 3.88. The Hall–Kier alpha value is -1.35. The number of ether oxygens (including phenoxy) is 1. The third-order valence-corrected chi connectivity index (χ3v) is 2.56. The zero-order valence-electron chi connectivity index (χ0n) is 9.90. The molecule has 0 saturated heterocycles. The highest BCUT2D eigenvalue weighted by Crippen LogP contribution is 2.16. The molecule has 1 rings (SSSR count). The van der Waals surface area contributed by atoms with Gasteiger partial charge in [-0.05, 0) is 17.5 Å². The van der Waals surface area contributed by atoms with Crippen LogP contribution in [0.5, 0.6) is 0 Å². The van der Waals surface area contributed by atoms with Gasteiger partial charge >= 0.3 is 5.97 Å². The van der Waals surface area contributed by atoms with E-state index in [1.54, 1.807) is 0 Å². The van der Waals surface area contributed by atoms with Crippen LogP contribution >= 0.6 is 0 Å². The maximum absolute atomic E-state index is 11.1. The van der Waals surface area contributed by atoms with E-state index in [0.29, 0.717) is 0 Å². The lowest BCUT2D eigenvalue weighted by Crippen LogP contribution is -2.16. The summed E-state index contributed by atoms with van der Waals surface area (Å²) in [4.78, 5) is 11.1. The first-order valence-corrected chi connectivity index (χ1v) is 5.58. The summed E-state index contributed by atoms with van der Waals surface area (Å²) < 4.78 is 4.59. The maximum Gasteiger partial charge on any atom is 0.307 e. The molecule has 2 N–H and O–H groups in total. The first-order chi connectivity index (χ1) is 7.67. The predicted molar refractivity (Wildman–Crippen MR) is 64.0 cm³/mol. The van der Waals surface area contributed by atoms with Crippen LogP contribution in [0.15, 0.2) is 24.3 Å². The highest BCUT2D eigenvalue weighted by atomic mass is 16.5. The topological polar surface area (TPSA) is 52.3 Å². The minimum atomic E-state index is -0.275. The Kier molecular flexibility index (Phi) is 4.99. The normalized spacial score (nSPS) is 12.2. The van der Waals surface area contributed by atoms with E-state index in [4.69, 9.17) is 5.73 Å². The van der Waals surface area contributed by atoms with Crippen molar-refractivity contribution < 1.29 is 9.53 Å². The molecule has 0 bridgehead atoms. The first kappa shape index (κ1) is 12.7. The lowest BCUT2D eigenvalue weighted by Gasteiger charge is -2.11. The molecule has 0 aliphatic carbocycles. The molecule has 0 saturated carbocycles. The Labute approximate surface area is 96.6 Å². The molecule has 0 aromatic heterocycles. The molecule has 0 radical (unpaired) electrons. The van der Waals surface area contributed by atoms with Gasteiger partial charge in [0.15, 0.2) is 0 Å². The molecule has 0 heterocycles. The largest absolute Gasteiger partial charge is 0.469 e. The molecule has 1 aromatic rings. The van der Waals surface area contributed by atoms with E-state index in [1.165, 1.54) is 12.7 Å². The number of carbonyl (C=O) groups is 1. The number of methoxy groups -OCH3 is 1. The van der Waals surface area contributed by atoms with E-state index in [0.717, 1.165) is 18.4 Å². The lowest BCUT2D eigenvalue weighted by molar-refractivity contribution is -0.141. The van der Waals surface area contributed by atoms with Crippen LogP contribution in [0.4, 0.5) is 0 Å². The van der Waals surface area contributed by atoms with Crippen LogP contribution in [-0.4, -0.2) is 13.1 Å². The molecule has 0 spiro atoms. The van der Waals surface area contributed by atoms with Gasteiger partial charge in [-0.2, -0.15) is 0 Å². The Balaban J connectivity index is 2.62. The smallest absolute Gasteiger partial charge is 0.307 e. The fourth-order valence-electron chi connectivity index (χ4n) is 1.60. The van der Waals surface area contributed by atoms with Gasteiger partial charge in [-0.3, -0.25) is 4.79 Å². The van der Waals surface area contributed by atoms with Crippen molar-refractivity contribution in [3.8, 4) is 0 Å². The van der Waals surface area contributed by atoms with Gasteiger partial charge in [-0.25, -0.2) is 0 Å². The number of hydrogen-bond donors (Lipinski definition) is 1. The number of carbonyl (C=O) groups excluding carboxylic acids is 1. The number of esters is 1. The number of hydrogen-bond acceptors (Lipinski definition) is 3. The van der Waals surface area contributed by atoms with E-state index < -0.39 is 0 Å². The van der Waals surface area contributed by atoms with Crippen molar-refractivity contribution in [1.29, 1.82) is 0 Å². The summed E-state index contributed by atoms with van der Waals surface area (Å²) >= 11 is 0. The minimum Gasteiger partial charge on any atom is -0.469 e. The van der Waals surface area contributed by atoms with Gasteiger partial charge in [0.1, 0.15) is 0 Å². The third-order valence-electron chi connectivity index (χ3n) is 2.56. The molecular formula is C13H19NO2. The van der Waals surface area contributed by atoms with Crippen molar-refractivity contribution >= 4 is 5.97 Å². The Morgan fingerprint density at radius 3 is 2.50 bits per heavy atom. The van der Waals surface area contributed by atoms with Crippen LogP contribution in [0.1, 0.15) is 36.9 Å². The standard InChI is InChI=1S/C13H19NO2/c1-3-4-10-5-7-11(8-6-10)12(14)9-13(15)16-2/h5-8,12H,3-4,9,14H2,1-2H3. The van der Waals surface area contributed by atoms with Crippen molar-refractivity contribution in [3.63, 3.8) is 0 Å². The summed E-state index contributed by atoms with van der Waals surface area (Å²) in [5, 5.41) is 0. The Morgan fingerprint density at radius 2 is 2.00 bits per heavy atom. The summed E-state index contributed by atoms with van der Waals surface area (Å²) in [5.41, 5.74) is 8.17. The van der Waals surface area contributed by atoms with Gasteiger partial charge < -0.3 is 10.5 Å². The molecule has 0 aliphatic heterocycles.